The Morgan fingerprint density at radius 3 is 2.70 bits per heavy atom. The number of nitro benzene ring substituents is 1. The Bertz CT molecular complexity index is 903. The van der Waals surface area contributed by atoms with Crippen molar-refractivity contribution in [1.82, 2.24) is 20.2 Å². The third-order valence-corrected chi connectivity index (χ3v) is 3.93. The molecule has 9 heteroatoms. The van der Waals surface area contributed by atoms with Crippen LogP contribution in [0.15, 0.2) is 58.6 Å². The molecule has 0 spiro atoms. The standard InChI is InChI=1S/C14H8N6O2S/c15-9-10-6-7-13(12(8-10)20(21)22)23-14-16-17-18-19(14)11-4-2-1-3-5-11/h1-8H. The van der Waals surface area contributed by atoms with E-state index < -0.39 is 4.92 Å². The van der Waals surface area contributed by atoms with Crippen molar-refractivity contribution in [1.29, 1.82) is 5.26 Å². The molecule has 1 heterocycles. The minimum absolute atomic E-state index is 0.156. The zero-order valence-electron chi connectivity index (χ0n) is 11.5. The summed E-state index contributed by atoms with van der Waals surface area (Å²) < 4.78 is 1.49. The zero-order valence-corrected chi connectivity index (χ0v) is 12.3. The fourth-order valence-corrected chi connectivity index (χ4v) is 2.76. The molecule has 0 fully saturated rings. The van der Waals surface area contributed by atoms with Crippen molar-refractivity contribution >= 4 is 17.4 Å². The zero-order chi connectivity index (χ0) is 16.2. The SMILES string of the molecule is N#Cc1ccc(Sc2nnnn2-c2ccccc2)c([N+](=O)[O-])c1. The first-order valence-electron chi connectivity index (χ1n) is 6.39. The fourth-order valence-electron chi connectivity index (χ4n) is 1.89. The monoisotopic (exact) mass is 324 g/mol. The number of hydrogen-bond acceptors (Lipinski definition) is 7. The van der Waals surface area contributed by atoms with E-state index in [-0.39, 0.29) is 11.3 Å². The van der Waals surface area contributed by atoms with Crippen molar-refractivity contribution in [2.24, 2.45) is 0 Å². The van der Waals surface area contributed by atoms with E-state index in [0.717, 1.165) is 17.4 Å². The smallest absolute Gasteiger partial charge is 0.258 e. The Hall–Kier alpha value is -3.25. The van der Waals surface area contributed by atoms with Gasteiger partial charge in [0.05, 0.1) is 27.1 Å². The summed E-state index contributed by atoms with van der Waals surface area (Å²) in [4.78, 5) is 11.0. The summed E-state index contributed by atoms with van der Waals surface area (Å²) in [6, 6.07) is 15.4. The predicted molar refractivity (Wildman–Crippen MR) is 81.1 cm³/mol. The lowest BCUT2D eigenvalue weighted by atomic mass is 10.2. The summed E-state index contributed by atoms with van der Waals surface area (Å²) in [6.45, 7) is 0. The lowest BCUT2D eigenvalue weighted by Gasteiger charge is -2.04. The van der Waals surface area contributed by atoms with E-state index in [1.807, 2.05) is 36.4 Å². The van der Waals surface area contributed by atoms with Gasteiger partial charge in [-0.1, -0.05) is 18.2 Å². The van der Waals surface area contributed by atoms with Crippen LogP contribution < -0.4 is 0 Å². The molecule has 0 saturated carbocycles. The van der Waals surface area contributed by atoms with Gasteiger partial charge in [0.2, 0.25) is 5.16 Å². The number of aromatic nitrogens is 4. The van der Waals surface area contributed by atoms with Gasteiger partial charge in [0, 0.05) is 6.07 Å². The molecule has 2 aromatic carbocycles. The maximum absolute atomic E-state index is 11.2. The molecule has 3 aromatic rings. The third-order valence-electron chi connectivity index (χ3n) is 2.93. The molecule has 0 bridgehead atoms. The number of para-hydroxylation sites is 1. The molecule has 0 unspecified atom stereocenters. The first-order valence-corrected chi connectivity index (χ1v) is 7.21. The van der Waals surface area contributed by atoms with E-state index in [1.165, 1.54) is 22.9 Å². The summed E-state index contributed by atoms with van der Waals surface area (Å²) >= 11 is 1.07. The maximum atomic E-state index is 11.2. The lowest BCUT2D eigenvalue weighted by molar-refractivity contribution is -0.387. The van der Waals surface area contributed by atoms with Gasteiger partial charge in [-0.2, -0.15) is 9.94 Å². The molecule has 8 nitrogen and oxygen atoms in total. The Balaban J connectivity index is 2.00. The van der Waals surface area contributed by atoms with Gasteiger partial charge in [-0.05, 0) is 46.5 Å². The first-order chi connectivity index (χ1) is 11.2. The Labute approximate surface area is 134 Å². The molecule has 0 aliphatic rings. The maximum Gasteiger partial charge on any atom is 0.284 e. The molecule has 0 aliphatic heterocycles. The summed E-state index contributed by atoms with van der Waals surface area (Å²) in [6.07, 6.45) is 0. The molecule has 3 rings (SSSR count). The van der Waals surface area contributed by atoms with E-state index in [4.69, 9.17) is 5.26 Å². The average Bonchev–Trinajstić information content (AvgIpc) is 3.04. The van der Waals surface area contributed by atoms with Gasteiger partial charge in [-0.25, -0.2) is 0 Å². The van der Waals surface area contributed by atoms with E-state index in [0.29, 0.717) is 10.1 Å². The van der Waals surface area contributed by atoms with Crippen LogP contribution in [-0.4, -0.2) is 25.1 Å². The Morgan fingerprint density at radius 2 is 2.00 bits per heavy atom. The van der Waals surface area contributed by atoms with Crippen molar-refractivity contribution in [3.8, 4) is 11.8 Å². The van der Waals surface area contributed by atoms with Crippen LogP contribution in [0.5, 0.6) is 0 Å². The van der Waals surface area contributed by atoms with Crippen molar-refractivity contribution in [2.45, 2.75) is 10.1 Å². The average molecular weight is 324 g/mol. The molecule has 0 amide bonds. The topological polar surface area (TPSA) is 111 Å². The quantitative estimate of drug-likeness (QED) is 0.535. The molecule has 112 valence electrons. The Morgan fingerprint density at radius 1 is 1.22 bits per heavy atom. The van der Waals surface area contributed by atoms with Crippen molar-refractivity contribution in [3.05, 3.63) is 64.2 Å². The highest BCUT2D eigenvalue weighted by molar-refractivity contribution is 7.99. The van der Waals surface area contributed by atoms with Crippen LogP contribution in [0.25, 0.3) is 5.69 Å². The molecule has 0 saturated heterocycles. The summed E-state index contributed by atoms with van der Waals surface area (Å²) in [5.74, 6) is 0. The second kappa shape index (κ2) is 6.25. The molecular formula is C14H8N6O2S. The Kier molecular flexibility index (Phi) is 3.99. The third kappa shape index (κ3) is 3.02. The second-order valence-electron chi connectivity index (χ2n) is 4.36. The highest BCUT2D eigenvalue weighted by atomic mass is 32.2. The molecule has 23 heavy (non-hydrogen) atoms. The van der Waals surface area contributed by atoms with Gasteiger partial charge in [0.15, 0.2) is 0 Å². The van der Waals surface area contributed by atoms with Crippen LogP contribution in [0, 0.1) is 21.4 Å². The van der Waals surface area contributed by atoms with Gasteiger partial charge < -0.3 is 0 Å². The van der Waals surface area contributed by atoms with E-state index in [2.05, 4.69) is 15.5 Å². The van der Waals surface area contributed by atoms with E-state index >= 15 is 0 Å². The van der Waals surface area contributed by atoms with Crippen LogP contribution in [0.2, 0.25) is 0 Å². The fraction of sp³-hybridized carbons (Fsp3) is 0. The van der Waals surface area contributed by atoms with Crippen LogP contribution in [0.1, 0.15) is 5.56 Å². The van der Waals surface area contributed by atoms with Gasteiger partial charge in [-0.15, -0.1) is 5.10 Å². The summed E-state index contributed by atoms with van der Waals surface area (Å²) in [7, 11) is 0. The molecular weight excluding hydrogens is 316 g/mol. The second-order valence-corrected chi connectivity index (χ2v) is 5.37. The highest BCUT2D eigenvalue weighted by Gasteiger charge is 2.19. The van der Waals surface area contributed by atoms with Gasteiger partial charge in [0.25, 0.3) is 5.69 Å². The number of nitro groups is 1. The largest absolute Gasteiger partial charge is 0.284 e. The number of nitrogens with zero attached hydrogens (tertiary/aromatic N) is 6. The van der Waals surface area contributed by atoms with E-state index in [9.17, 15) is 10.1 Å². The summed E-state index contributed by atoms with van der Waals surface area (Å²) in [5, 5.41) is 31.9. The van der Waals surface area contributed by atoms with Crippen molar-refractivity contribution in [2.75, 3.05) is 0 Å². The van der Waals surface area contributed by atoms with Crippen LogP contribution >= 0.6 is 11.8 Å². The van der Waals surface area contributed by atoms with Gasteiger partial charge >= 0.3 is 0 Å². The number of rotatable bonds is 4. The minimum Gasteiger partial charge on any atom is -0.258 e. The lowest BCUT2D eigenvalue weighted by Crippen LogP contribution is -1.99. The molecule has 0 N–H and O–H groups in total. The molecule has 0 aliphatic carbocycles. The normalized spacial score (nSPS) is 10.2. The van der Waals surface area contributed by atoms with Crippen LogP contribution in [-0.2, 0) is 0 Å². The number of benzene rings is 2. The van der Waals surface area contributed by atoms with Crippen molar-refractivity contribution in [3.63, 3.8) is 0 Å². The molecule has 0 radical (unpaired) electrons. The van der Waals surface area contributed by atoms with Gasteiger partial charge in [0.1, 0.15) is 0 Å². The number of nitriles is 1. The van der Waals surface area contributed by atoms with Crippen molar-refractivity contribution < 1.29 is 4.92 Å². The van der Waals surface area contributed by atoms with Crippen LogP contribution in [0.4, 0.5) is 5.69 Å². The number of tetrazole rings is 1. The van der Waals surface area contributed by atoms with E-state index in [1.54, 1.807) is 0 Å². The highest BCUT2D eigenvalue weighted by Crippen LogP contribution is 2.34. The minimum atomic E-state index is -0.528. The van der Waals surface area contributed by atoms with Crippen LogP contribution in [0.3, 0.4) is 0 Å². The molecule has 1 aromatic heterocycles. The molecule has 0 atom stereocenters. The number of hydrogen-bond donors (Lipinski definition) is 0. The predicted octanol–water partition coefficient (Wildman–Crippen LogP) is 2.59. The van der Waals surface area contributed by atoms with Gasteiger partial charge in [-0.3, -0.25) is 10.1 Å². The summed E-state index contributed by atoms with van der Waals surface area (Å²) in [5.41, 5.74) is 0.816. The first kappa shape index (κ1) is 14.7.